The summed E-state index contributed by atoms with van der Waals surface area (Å²) in [6, 6.07) is 11.4. The molecule has 1 aromatic heterocycles. The van der Waals surface area contributed by atoms with Crippen LogP contribution in [0.2, 0.25) is 0 Å². The highest BCUT2D eigenvalue weighted by Crippen LogP contribution is 2.31. The maximum absolute atomic E-state index is 12.4. The number of H-pyrrole nitrogens is 1. The number of fused-ring (bicyclic) bond motifs is 2. The van der Waals surface area contributed by atoms with Crippen molar-refractivity contribution in [3.05, 3.63) is 47.5 Å². The van der Waals surface area contributed by atoms with Gasteiger partial charge in [-0.25, -0.2) is 0 Å². The van der Waals surface area contributed by atoms with Crippen molar-refractivity contribution in [1.82, 2.24) is 10.2 Å². The number of benzene rings is 2. The number of rotatable bonds is 3. The highest BCUT2D eigenvalue weighted by atomic mass is 16.6. The summed E-state index contributed by atoms with van der Waals surface area (Å²) in [7, 11) is 0. The fourth-order valence-corrected chi connectivity index (χ4v) is 2.90. The lowest BCUT2D eigenvalue weighted by Gasteiger charge is -2.18. The summed E-state index contributed by atoms with van der Waals surface area (Å²) in [5.41, 5.74) is 2.84. The van der Waals surface area contributed by atoms with Gasteiger partial charge in [0.25, 0.3) is 0 Å². The van der Waals surface area contributed by atoms with Crippen LogP contribution in [0.3, 0.4) is 0 Å². The minimum absolute atomic E-state index is 0.122. The molecule has 2 heterocycles. The van der Waals surface area contributed by atoms with Gasteiger partial charge in [-0.15, -0.1) is 0 Å². The Labute approximate surface area is 138 Å². The Morgan fingerprint density at radius 1 is 1.21 bits per heavy atom. The second-order valence-electron chi connectivity index (χ2n) is 5.77. The Balaban J connectivity index is 1.52. The molecule has 0 unspecified atom stereocenters. The SMILES string of the molecule is Cc1cccc2[nH]nc(NC(=O)Cc3ccc4c(c3)OCCO4)c12. The number of ether oxygens (including phenoxy) is 2. The molecule has 0 spiro atoms. The van der Waals surface area contributed by atoms with Crippen molar-refractivity contribution < 1.29 is 14.3 Å². The second kappa shape index (κ2) is 5.88. The number of aryl methyl sites for hydroxylation is 1. The van der Waals surface area contributed by atoms with Crippen molar-refractivity contribution >= 4 is 22.6 Å². The largest absolute Gasteiger partial charge is 0.486 e. The summed E-state index contributed by atoms with van der Waals surface area (Å²) in [4.78, 5) is 12.4. The lowest BCUT2D eigenvalue weighted by Crippen LogP contribution is -2.17. The van der Waals surface area contributed by atoms with Gasteiger partial charge in [-0.05, 0) is 36.2 Å². The molecular weight excluding hydrogens is 306 g/mol. The van der Waals surface area contributed by atoms with Crippen LogP contribution >= 0.6 is 0 Å². The lowest BCUT2D eigenvalue weighted by molar-refractivity contribution is -0.115. The second-order valence-corrected chi connectivity index (χ2v) is 5.77. The molecular formula is C18H17N3O3. The summed E-state index contributed by atoms with van der Waals surface area (Å²) in [6.07, 6.45) is 0.247. The van der Waals surface area contributed by atoms with E-state index < -0.39 is 0 Å². The Morgan fingerprint density at radius 2 is 2.04 bits per heavy atom. The Morgan fingerprint density at radius 3 is 2.92 bits per heavy atom. The molecule has 2 aromatic carbocycles. The number of hydrogen-bond acceptors (Lipinski definition) is 4. The normalized spacial score (nSPS) is 13.0. The molecule has 0 aliphatic carbocycles. The van der Waals surface area contributed by atoms with E-state index in [1.165, 1.54) is 0 Å². The molecule has 2 N–H and O–H groups in total. The molecule has 6 nitrogen and oxygen atoms in total. The fourth-order valence-electron chi connectivity index (χ4n) is 2.90. The third-order valence-corrected chi connectivity index (χ3v) is 4.03. The van der Waals surface area contributed by atoms with E-state index in [4.69, 9.17) is 9.47 Å². The minimum Gasteiger partial charge on any atom is -0.486 e. The van der Waals surface area contributed by atoms with Gasteiger partial charge >= 0.3 is 0 Å². The van der Waals surface area contributed by atoms with Gasteiger partial charge in [-0.2, -0.15) is 5.10 Å². The van der Waals surface area contributed by atoms with E-state index in [0.717, 1.165) is 27.8 Å². The van der Waals surface area contributed by atoms with Crippen molar-refractivity contribution in [2.24, 2.45) is 0 Å². The van der Waals surface area contributed by atoms with Crippen LogP contribution in [0.15, 0.2) is 36.4 Å². The van der Waals surface area contributed by atoms with Crippen LogP contribution in [0.4, 0.5) is 5.82 Å². The number of aromatic nitrogens is 2. The van der Waals surface area contributed by atoms with Gasteiger partial charge in [0.05, 0.1) is 11.9 Å². The number of carbonyl (C=O) groups excluding carboxylic acids is 1. The molecule has 122 valence electrons. The zero-order valence-electron chi connectivity index (χ0n) is 13.3. The number of nitrogens with one attached hydrogen (secondary N) is 2. The predicted octanol–water partition coefficient (Wildman–Crippen LogP) is 2.82. The van der Waals surface area contributed by atoms with E-state index in [2.05, 4.69) is 15.5 Å². The molecule has 0 saturated carbocycles. The van der Waals surface area contributed by atoms with E-state index in [9.17, 15) is 4.79 Å². The van der Waals surface area contributed by atoms with E-state index in [0.29, 0.717) is 24.8 Å². The van der Waals surface area contributed by atoms with E-state index in [1.54, 1.807) is 0 Å². The van der Waals surface area contributed by atoms with Crippen molar-refractivity contribution in [2.45, 2.75) is 13.3 Å². The van der Waals surface area contributed by atoms with Crippen LogP contribution in [-0.2, 0) is 11.2 Å². The molecule has 1 amide bonds. The molecule has 24 heavy (non-hydrogen) atoms. The summed E-state index contributed by atoms with van der Waals surface area (Å²) >= 11 is 0. The van der Waals surface area contributed by atoms with E-state index in [-0.39, 0.29) is 12.3 Å². The van der Waals surface area contributed by atoms with E-state index >= 15 is 0 Å². The van der Waals surface area contributed by atoms with Crippen molar-refractivity contribution in [3.8, 4) is 11.5 Å². The maximum atomic E-state index is 12.4. The van der Waals surface area contributed by atoms with E-state index in [1.807, 2.05) is 43.3 Å². The van der Waals surface area contributed by atoms with Gasteiger partial charge in [0.2, 0.25) is 5.91 Å². The van der Waals surface area contributed by atoms with Crippen molar-refractivity contribution in [2.75, 3.05) is 18.5 Å². The smallest absolute Gasteiger partial charge is 0.230 e. The quantitative estimate of drug-likeness (QED) is 0.777. The average molecular weight is 323 g/mol. The van der Waals surface area contributed by atoms with Gasteiger partial charge in [-0.3, -0.25) is 9.89 Å². The first kappa shape index (κ1) is 14.6. The average Bonchev–Trinajstić information content (AvgIpc) is 2.99. The van der Waals surface area contributed by atoms with Crippen LogP contribution in [0.1, 0.15) is 11.1 Å². The zero-order chi connectivity index (χ0) is 16.5. The van der Waals surface area contributed by atoms with Crippen LogP contribution in [0.5, 0.6) is 11.5 Å². The molecule has 6 heteroatoms. The molecule has 4 rings (SSSR count). The summed E-state index contributed by atoms with van der Waals surface area (Å²) in [6.45, 7) is 3.08. The fraction of sp³-hybridized carbons (Fsp3) is 0.222. The molecule has 0 saturated heterocycles. The summed E-state index contributed by atoms with van der Waals surface area (Å²) < 4.78 is 11.0. The van der Waals surface area contributed by atoms with Crippen molar-refractivity contribution in [3.63, 3.8) is 0 Å². The van der Waals surface area contributed by atoms with Gasteiger partial charge in [0, 0.05) is 5.39 Å². The van der Waals surface area contributed by atoms with Crippen LogP contribution in [0, 0.1) is 6.92 Å². The molecule has 0 fully saturated rings. The number of anilines is 1. The maximum Gasteiger partial charge on any atom is 0.230 e. The highest BCUT2D eigenvalue weighted by molar-refractivity contribution is 6.01. The molecule has 0 atom stereocenters. The van der Waals surface area contributed by atoms with Crippen molar-refractivity contribution in [1.29, 1.82) is 0 Å². The monoisotopic (exact) mass is 323 g/mol. The third-order valence-electron chi connectivity index (χ3n) is 4.03. The number of nitrogens with zero attached hydrogens (tertiary/aromatic N) is 1. The number of amides is 1. The van der Waals surface area contributed by atoms with Crippen LogP contribution in [0.25, 0.3) is 10.9 Å². The van der Waals surface area contributed by atoms with Gasteiger partial charge < -0.3 is 14.8 Å². The van der Waals surface area contributed by atoms with Gasteiger partial charge in [0.1, 0.15) is 13.2 Å². The first-order chi connectivity index (χ1) is 11.7. The Hall–Kier alpha value is -3.02. The summed E-state index contributed by atoms with van der Waals surface area (Å²) in [5.74, 6) is 1.85. The Bertz CT molecular complexity index is 917. The molecule has 1 aliphatic heterocycles. The minimum atomic E-state index is -0.122. The predicted molar refractivity (Wildman–Crippen MR) is 90.6 cm³/mol. The summed E-state index contributed by atoms with van der Waals surface area (Å²) in [5, 5.41) is 11.0. The molecule has 0 radical (unpaired) electrons. The number of hydrogen-bond donors (Lipinski definition) is 2. The topological polar surface area (TPSA) is 76.2 Å². The molecule has 3 aromatic rings. The standard InChI is InChI=1S/C18H17N3O3/c1-11-3-2-4-13-17(11)18(21-20-13)19-16(22)10-12-5-6-14-15(9-12)24-8-7-23-14/h2-6,9H,7-8,10H2,1H3,(H2,19,20,21,22). The first-order valence-corrected chi connectivity index (χ1v) is 7.83. The zero-order valence-corrected chi connectivity index (χ0v) is 13.3. The lowest BCUT2D eigenvalue weighted by atomic mass is 10.1. The number of aromatic amines is 1. The number of carbonyl (C=O) groups is 1. The highest BCUT2D eigenvalue weighted by Gasteiger charge is 2.15. The van der Waals surface area contributed by atoms with Gasteiger partial charge in [0.15, 0.2) is 17.3 Å². The Kier molecular flexibility index (Phi) is 3.57. The first-order valence-electron chi connectivity index (χ1n) is 7.83. The third kappa shape index (κ3) is 2.67. The molecule has 1 aliphatic rings. The van der Waals surface area contributed by atoms with Crippen LogP contribution < -0.4 is 14.8 Å². The van der Waals surface area contributed by atoms with Gasteiger partial charge in [-0.1, -0.05) is 18.2 Å². The van der Waals surface area contributed by atoms with Crippen LogP contribution in [-0.4, -0.2) is 29.3 Å². The molecule has 0 bridgehead atoms.